The van der Waals surface area contributed by atoms with Gasteiger partial charge in [-0.3, -0.25) is 4.79 Å². The number of phenols is 1. The molecule has 5 nitrogen and oxygen atoms in total. The molecule has 1 aromatic carbocycles. The van der Waals surface area contributed by atoms with Gasteiger partial charge in [-0.05, 0) is 48.7 Å². The van der Waals surface area contributed by atoms with Gasteiger partial charge in [-0.25, -0.2) is 4.98 Å². The van der Waals surface area contributed by atoms with Crippen molar-refractivity contribution in [2.45, 2.75) is 20.4 Å². The van der Waals surface area contributed by atoms with Crippen molar-refractivity contribution in [1.82, 2.24) is 10.3 Å². The van der Waals surface area contributed by atoms with Crippen molar-refractivity contribution in [1.29, 1.82) is 0 Å². The summed E-state index contributed by atoms with van der Waals surface area (Å²) in [5.41, 5.74) is 2.94. The third kappa shape index (κ3) is 3.36. The summed E-state index contributed by atoms with van der Waals surface area (Å²) in [6, 6.07) is 7.25. The van der Waals surface area contributed by atoms with Crippen LogP contribution in [0.3, 0.4) is 0 Å². The van der Waals surface area contributed by atoms with E-state index in [4.69, 9.17) is 0 Å². The zero-order chi connectivity index (χ0) is 16.3. The van der Waals surface area contributed by atoms with E-state index in [2.05, 4.69) is 10.3 Å². The lowest BCUT2D eigenvalue weighted by molar-refractivity contribution is 0.0948. The Balaban J connectivity index is 2.10. The SMILES string of the molecule is Cc1ccc(C(=O)NCc2ccnc(N(C)C)c2)c(O)c1C. The van der Waals surface area contributed by atoms with Gasteiger partial charge in [0.2, 0.25) is 0 Å². The molecular formula is C17H21N3O2. The monoisotopic (exact) mass is 299 g/mol. The van der Waals surface area contributed by atoms with Crippen LogP contribution < -0.4 is 10.2 Å². The second kappa shape index (κ2) is 6.47. The zero-order valence-electron chi connectivity index (χ0n) is 13.3. The number of hydrogen-bond acceptors (Lipinski definition) is 4. The smallest absolute Gasteiger partial charge is 0.255 e. The first-order chi connectivity index (χ1) is 10.4. The Morgan fingerprint density at radius 3 is 2.68 bits per heavy atom. The molecule has 0 aliphatic carbocycles. The van der Waals surface area contributed by atoms with Crippen LogP contribution in [0.1, 0.15) is 27.0 Å². The van der Waals surface area contributed by atoms with Crippen molar-refractivity contribution in [3.05, 3.63) is 52.7 Å². The molecule has 0 radical (unpaired) electrons. The highest BCUT2D eigenvalue weighted by atomic mass is 16.3. The molecule has 22 heavy (non-hydrogen) atoms. The third-order valence-electron chi connectivity index (χ3n) is 3.67. The third-order valence-corrected chi connectivity index (χ3v) is 3.67. The number of phenolic OH excluding ortho intramolecular Hbond substituents is 1. The summed E-state index contributed by atoms with van der Waals surface area (Å²) in [6.45, 7) is 4.08. The number of aryl methyl sites for hydroxylation is 1. The Hall–Kier alpha value is -2.56. The summed E-state index contributed by atoms with van der Waals surface area (Å²) < 4.78 is 0. The van der Waals surface area contributed by atoms with E-state index in [1.807, 2.05) is 44.1 Å². The molecule has 0 unspecified atom stereocenters. The number of benzene rings is 1. The molecule has 0 aliphatic rings. The Labute approximate surface area is 130 Å². The summed E-state index contributed by atoms with van der Waals surface area (Å²) >= 11 is 0. The Kier molecular flexibility index (Phi) is 4.65. The van der Waals surface area contributed by atoms with Crippen molar-refractivity contribution >= 4 is 11.7 Å². The maximum Gasteiger partial charge on any atom is 0.255 e. The number of nitrogens with zero attached hydrogens (tertiary/aromatic N) is 2. The number of carbonyl (C=O) groups excluding carboxylic acids is 1. The van der Waals surface area contributed by atoms with Crippen LogP contribution in [0.4, 0.5) is 5.82 Å². The van der Waals surface area contributed by atoms with E-state index in [1.54, 1.807) is 19.2 Å². The van der Waals surface area contributed by atoms with Crippen molar-refractivity contribution in [2.24, 2.45) is 0 Å². The lowest BCUT2D eigenvalue weighted by Crippen LogP contribution is -2.23. The van der Waals surface area contributed by atoms with Gasteiger partial charge in [0.05, 0.1) is 5.56 Å². The fourth-order valence-corrected chi connectivity index (χ4v) is 2.08. The van der Waals surface area contributed by atoms with Gasteiger partial charge in [-0.1, -0.05) is 6.07 Å². The summed E-state index contributed by atoms with van der Waals surface area (Å²) in [5.74, 6) is 0.589. The second-order valence-electron chi connectivity index (χ2n) is 5.50. The van der Waals surface area contributed by atoms with Gasteiger partial charge < -0.3 is 15.3 Å². The predicted molar refractivity (Wildman–Crippen MR) is 87.3 cm³/mol. The summed E-state index contributed by atoms with van der Waals surface area (Å²) in [5, 5.41) is 12.9. The lowest BCUT2D eigenvalue weighted by Gasteiger charge is -2.13. The first-order valence-corrected chi connectivity index (χ1v) is 7.09. The van der Waals surface area contributed by atoms with Crippen LogP contribution in [0.5, 0.6) is 5.75 Å². The standard InChI is InChI=1S/C17H21N3O2/c1-11-5-6-14(16(21)12(11)2)17(22)19-10-13-7-8-18-15(9-13)20(3)4/h5-9,21H,10H2,1-4H3,(H,19,22). The number of pyridine rings is 1. The molecule has 2 aromatic rings. The molecule has 2 rings (SSSR count). The van der Waals surface area contributed by atoms with Crippen molar-refractivity contribution in [3.63, 3.8) is 0 Å². The minimum atomic E-state index is -0.288. The fraction of sp³-hybridized carbons (Fsp3) is 0.294. The van der Waals surface area contributed by atoms with E-state index in [9.17, 15) is 9.90 Å². The van der Waals surface area contributed by atoms with Gasteiger partial charge >= 0.3 is 0 Å². The van der Waals surface area contributed by atoms with Crippen LogP contribution >= 0.6 is 0 Å². The largest absolute Gasteiger partial charge is 0.507 e. The van der Waals surface area contributed by atoms with Gasteiger partial charge in [-0.15, -0.1) is 0 Å². The Morgan fingerprint density at radius 2 is 2.00 bits per heavy atom. The number of amides is 1. The molecule has 0 saturated heterocycles. The summed E-state index contributed by atoms with van der Waals surface area (Å²) in [7, 11) is 3.83. The van der Waals surface area contributed by atoms with E-state index < -0.39 is 0 Å². The van der Waals surface area contributed by atoms with Crippen molar-refractivity contribution in [2.75, 3.05) is 19.0 Å². The molecular weight excluding hydrogens is 278 g/mol. The second-order valence-corrected chi connectivity index (χ2v) is 5.50. The number of hydrogen-bond donors (Lipinski definition) is 2. The lowest BCUT2D eigenvalue weighted by atomic mass is 10.0. The minimum absolute atomic E-state index is 0.0428. The summed E-state index contributed by atoms with van der Waals surface area (Å²) in [6.07, 6.45) is 1.71. The predicted octanol–water partition coefficient (Wildman–Crippen LogP) is 2.40. The number of aromatic hydroxyl groups is 1. The van der Waals surface area contributed by atoms with Crippen LogP contribution in [-0.4, -0.2) is 30.1 Å². The molecule has 0 saturated carbocycles. The molecule has 2 N–H and O–H groups in total. The zero-order valence-corrected chi connectivity index (χ0v) is 13.3. The topological polar surface area (TPSA) is 65.5 Å². The Morgan fingerprint density at radius 1 is 1.27 bits per heavy atom. The van der Waals surface area contributed by atoms with Crippen LogP contribution in [0.15, 0.2) is 30.5 Å². The molecule has 0 aliphatic heterocycles. The van der Waals surface area contributed by atoms with Gasteiger partial charge in [0.15, 0.2) is 0 Å². The molecule has 0 fully saturated rings. The first kappa shape index (κ1) is 15.8. The number of nitrogens with one attached hydrogen (secondary N) is 1. The Bertz CT molecular complexity index is 696. The summed E-state index contributed by atoms with van der Waals surface area (Å²) in [4.78, 5) is 18.4. The average molecular weight is 299 g/mol. The van der Waals surface area contributed by atoms with Crippen LogP contribution in [0.2, 0.25) is 0 Å². The van der Waals surface area contributed by atoms with Crippen molar-refractivity contribution in [3.8, 4) is 5.75 Å². The maximum atomic E-state index is 12.2. The molecule has 0 bridgehead atoms. The molecule has 1 heterocycles. The highest BCUT2D eigenvalue weighted by Gasteiger charge is 2.13. The van der Waals surface area contributed by atoms with Gasteiger partial charge in [0.1, 0.15) is 11.6 Å². The van der Waals surface area contributed by atoms with E-state index in [1.165, 1.54) is 0 Å². The normalized spacial score (nSPS) is 10.4. The molecule has 1 aromatic heterocycles. The van der Waals surface area contributed by atoms with Crippen LogP contribution in [0.25, 0.3) is 0 Å². The van der Waals surface area contributed by atoms with E-state index in [0.29, 0.717) is 12.1 Å². The van der Waals surface area contributed by atoms with E-state index >= 15 is 0 Å². The molecule has 1 amide bonds. The number of carbonyl (C=O) groups is 1. The number of rotatable bonds is 4. The van der Waals surface area contributed by atoms with E-state index in [0.717, 1.165) is 22.5 Å². The molecule has 5 heteroatoms. The minimum Gasteiger partial charge on any atom is -0.507 e. The quantitative estimate of drug-likeness (QED) is 0.910. The van der Waals surface area contributed by atoms with Gasteiger partial charge in [0, 0.05) is 26.8 Å². The maximum absolute atomic E-state index is 12.2. The van der Waals surface area contributed by atoms with Crippen LogP contribution in [0, 0.1) is 13.8 Å². The highest BCUT2D eigenvalue weighted by molar-refractivity contribution is 5.97. The van der Waals surface area contributed by atoms with Gasteiger partial charge in [-0.2, -0.15) is 0 Å². The molecule has 0 atom stereocenters. The fourth-order valence-electron chi connectivity index (χ4n) is 2.08. The average Bonchev–Trinajstić information content (AvgIpc) is 2.50. The number of aromatic nitrogens is 1. The highest BCUT2D eigenvalue weighted by Crippen LogP contribution is 2.24. The number of anilines is 1. The first-order valence-electron chi connectivity index (χ1n) is 7.09. The molecule has 116 valence electrons. The molecule has 0 spiro atoms. The van der Waals surface area contributed by atoms with Gasteiger partial charge in [0.25, 0.3) is 5.91 Å². The van der Waals surface area contributed by atoms with Crippen molar-refractivity contribution < 1.29 is 9.90 Å². The van der Waals surface area contributed by atoms with E-state index in [-0.39, 0.29) is 11.7 Å². The van der Waals surface area contributed by atoms with Crippen LogP contribution in [-0.2, 0) is 6.54 Å².